The maximum atomic E-state index is 10.2. The van der Waals surface area contributed by atoms with Crippen molar-refractivity contribution in [3.8, 4) is 17.0 Å². The van der Waals surface area contributed by atoms with Crippen LogP contribution in [0.25, 0.3) is 11.3 Å². The topological polar surface area (TPSA) is 136 Å². The molecule has 3 aromatic rings. The van der Waals surface area contributed by atoms with Gasteiger partial charge in [0.25, 0.3) is 0 Å². The second-order valence-electron chi connectivity index (χ2n) is 8.90. The van der Waals surface area contributed by atoms with E-state index in [9.17, 15) is 5.11 Å². The molecular weight excluding hydrogens is 448 g/mol. The molecule has 0 unspecified atom stereocenters. The van der Waals surface area contributed by atoms with Crippen molar-refractivity contribution >= 4 is 28.0 Å². The Morgan fingerprint density at radius 3 is 2.65 bits per heavy atom. The van der Waals surface area contributed by atoms with Gasteiger partial charge in [-0.25, -0.2) is 4.98 Å². The number of para-hydroxylation sites is 1. The van der Waals surface area contributed by atoms with Gasteiger partial charge in [0.1, 0.15) is 11.6 Å². The van der Waals surface area contributed by atoms with Crippen LogP contribution < -0.4 is 21.3 Å². The number of phenolic OH excluding ortho intramolecular Hbond substituents is 1. The van der Waals surface area contributed by atoms with Crippen LogP contribution in [0.3, 0.4) is 0 Å². The number of hydrogen-bond donors (Lipinski definition) is 5. The standard InChI is InChI=1S/C24H30N8OS/c25-23(26)22-19(13-18(30-31-22)17-3-1-2-4-20(17)33)29-16-7-11-32(12-8-16)24-28-14-21(34-24)15-5-9-27-10-6-15/h1-4,13-16,27,33H,5-12H2,(H3,25,26)(H,29,30). The number of nitrogen functional groups attached to an aromatic ring is 1. The number of amidine groups is 1. The largest absolute Gasteiger partial charge is 0.507 e. The SMILES string of the molecule is N=C(N)c1nnc(-c2ccccc2O)cc1NC1CCN(c2ncc(C3CCNCC3)s2)CC1. The first-order valence-corrected chi connectivity index (χ1v) is 12.6. The third-order valence-corrected chi connectivity index (χ3v) is 7.83. The van der Waals surface area contributed by atoms with Gasteiger partial charge in [-0.2, -0.15) is 0 Å². The number of phenols is 1. The van der Waals surface area contributed by atoms with Crippen LogP contribution in [-0.4, -0.2) is 58.3 Å². The molecule has 0 radical (unpaired) electrons. The van der Waals surface area contributed by atoms with Gasteiger partial charge in [0.05, 0.1) is 11.4 Å². The van der Waals surface area contributed by atoms with Crippen molar-refractivity contribution in [2.24, 2.45) is 5.73 Å². The van der Waals surface area contributed by atoms with Crippen LogP contribution in [0.1, 0.15) is 42.2 Å². The molecule has 5 rings (SSSR count). The third-order valence-electron chi connectivity index (χ3n) is 6.61. The smallest absolute Gasteiger partial charge is 0.185 e. The van der Waals surface area contributed by atoms with Crippen LogP contribution in [0, 0.1) is 5.41 Å². The number of piperidine rings is 2. The van der Waals surface area contributed by atoms with Crippen molar-refractivity contribution in [1.29, 1.82) is 5.41 Å². The summed E-state index contributed by atoms with van der Waals surface area (Å²) in [4.78, 5) is 8.51. The predicted octanol–water partition coefficient (Wildman–Crippen LogP) is 3.14. The van der Waals surface area contributed by atoms with Gasteiger partial charge in [0.15, 0.2) is 10.8 Å². The minimum Gasteiger partial charge on any atom is -0.507 e. The summed E-state index contributed by atoms with van der Waals surface area (Å²) < 4.78 is 0. The van der Waals surface area contributed by atoms with Gasteiger partial charge in [-0.15, -0.1) is 21.5 Å². The first-order chi connectivity index (χ1) is 16.6. The number of nitrogens with zero attached hydrogens (tertiary/aromatic N) is 4. The number of aromatic nitrogens is 3. The zero-order valence-electron chi connectivity index (χ0n) is 19.0. The molecule has 0 aliphatic carbocycles. The van der Waals surface area contributed by atoms with E-state index in [1.54, 1.807) is 18.2 Å². The molecule has 0 atom stereocenters. The summed E-state index contributed by atoms with van der Waals surface area (Å²) in [5, 5.41) is 34.6. The fraction of sp³-hybridized carbons (Fsp3) is 0.417. The number of nitrogens with one attached hydrogen (secondary N) is 3. The van der Waals surface area contributed by atoms with Crippen molar-refractivity contribution in [3.05, 3.63) is 47.1 Å². The highest BCUT2D eigenvalue weighted by molar-refractivity contribution is 7.15. The van der Waals surface area contributed by atoms with Crippen molar-refractivity contribution in [2.75, 3.05) is 36.4 Å². The van der Waals surface area contributed by atoms with Gasteiger partial charge >= 0.3 is 0 Å². The van der Waals surface area contributed by atoms with E-state index in [1.807, 2.05) is 23.5 Å². The molecule has 10 heteroatoms. The number of rotatable bonds is 6. The van der Waals surface area contributed by atoms with E-state index < -0.39 is 0 Å². The fourth-order valence-electron chi connectivity index (χ4n) is 4.68. The first kappa shape index (κ1) is 22.5. The summed E-state index contributed by atoms with van der Waals surface area (Å²) in [6, 6.07) is 9.06. The molecule has 0 saturated carbocycles. The quantitative estimate of drug-likeness (QED) is 0.269. The van der Waals surface area contributed by atoms with E-state index in [1.165, 1.54) is 17.7 Å². The van der Waals surface area contributed by atoms with Crippen LogP contribution in [0.5, 0.6) is 5.75 Å². The average Bonchev–Trinajstić information content (AvgIpc) is 3.36. The number of aromatic hydroxyl groups is 1. The molecular formula is C24H30N8OS. The van der Waals surface area contributed by atoms with E-state index >= 15 is 0 Å². The molecule has 4 heterocycles. The molecule has 0 amide bonds. The average molecular weight is 479 g/mol. The normalized spacial score (nSPS) is 17.6. The second-order valence-corrected chi connectivity index (χ2v) is 9.94. The Bertz CT molecular complexity index is 1150. The molecule has 9 nitrogen and oxygen atoms in total. The highest BCUT2D eigenvalue weighted by Crippen LogP contribution is 2.35. The molecule has 2 aromatic heterocycles. The summed E-state index contributed by atoms with van der Waals surface area (Å²) in [6.07, 6.45) is 6.33. The Morgan fingerprint density at radius 1 is 1.15 bits per heavy atom. The van der Waals surface area contributed by atoms with Crippen LogP contribution in [0.2, 0.25) is 0 Å². The number of nitrogens with two attached hydrogens (primary N) is 1. The van der Waals surface area contributed by atoms with Gasteiger partial charge in [-0.3, -0.25) is 5.41 Å². The summed E-state index contributed by atoms with van der Waals surface area (Å²) in [5.74, 6) is 0.637. The third kappa shape index (κ3) is 4.83. The highest BCUT2D eigenvalue weighted by atomic mass is 32.1. The minimum atomic E-state index is -0.135. The fourth-order valence-corrected chi connectivity index (χ4v) is 5.81. The molecule has 34 heavy (non-hydrogen) atoms. The van der Waals surface area contributed by atoms with Crippen molar-refractivity contribution in [3.63, 3.8) is 0 Å². The Kier molecular flexibility index (Phi) is 6.59. The summed E-state index contributed by atoms with van der Waals surface area (Å²) in [5.41, 5.74) is 7.90. The van der Waals surface area contributed by atoms with Gasteiger partial charge in [0, 0.05) is 35.8 Å². The maximum Gasteiger partial charge on any atom is 0.185 e. The lowest BCUT2D eigenvalue weighted by Gasteiger charge is -2.33. The molecule has 2 aliphatic rings. The molecule has 0 spiro atoms. The monoisotopic (exact) mass is 478 g/mol. The zero-order valence-corrected chi connectivity index (χ0v) is 19.8. The zero-order chi connectivity index (χ0) is 23.5. The molecule has 178 valence electrons. The number of benzene rings is 1. The van der Waals surface area contributed by atoms with Crippen molar-refractivity contribution in [2.45, 2.75) is 37.6 Å². The van der Waals surface area contributed by atoms with Crippen molar-refractivity contribution in [1.82, 2.24) is 20.5 Å². The van der Waals surface area contributed by atoms with E-state index in [0.29, 0.717) is 28.6 Å². The number of anilines is 2. The molecule has 2 fully saturated rings. The summed E-state index contributed by atoms with van der Waals surface area (Å²) in [7, 11) is 0. The number of hydrogen-bond acceptors (Lipinski definition) is 9. The Hall–Kier alpha value is -3.24. The Balaban J connectivity index is 1.26. The molecule has 2 aliphatic heterocycles. The lowest BCUT2D eigenvalue weighted by atomic mass is 9.97. The Labute approximate surface area is 202 Å². The van der Waals surface area contributed by atoms with E-state index in [4.69, 9.17) is 16.1 Å². The van der Waals surface area contributed by atoms with E-state index in [2.05, 4.69) is 31.9 Å². The van der Waals surface area contributed by atoms with Crippen LogP contribution >= 0.6 is 11.3 Å². The minimum absolute atomic E-state index is 0.135. The van der Waals surface area contributed by atoms with E-state index in [0.717, 1.165) is 44.2 Å². The first-order valence-electron chi connectivity index (χ1n) is 11.8. The summed E-state index contributed by atoms with van der Waals surface area (Å²) in [6.45, 7) is 4.01. The summed E-state index contributed by atoms with van der Waals surface area (Å²) >= 11 is 1.84. The predicted molar refractivity (Wildman–Crippen MR) is 136 cm³/mol. The molecule has 2 saturated heterocycles. The van der Waals surface area contributed by atoms with Gasteiger partial charge < -0.3 is 26.4 Å². The molecule has 1 aromatic carbocycles. The van der Waals surface area contributed by atoms with Crippen LogP contribution in [0.4, 0.5) is 10.8 Å². The van der Waals surface area contributed by atoms with Gasteiger partial charge in [-0.05, 0) is 62.9 Å². The van der Waals surface area contributed by atoms with Gasteiger partial charge in [0.2, 0.25) is 0 Å². The second kappa shape index (κ2) is 9.94. The van der Waals surface area contributed by atoms with Crippen LogP contribution in [0.15, 0.2) is 36.5 Å². The Morgan fingerprint density at radius 2 is 1.91 bits per heavy atom. The molecule has 0 bridgehead atoms. The lowest BCUT2D eigenvalue weighted by Crippen LogP contribution is -2.39. The van der Waals surface area contributed by atoms with Gasteiger partial charge in [-0.1, -0.05) is 12.1 Å². The number of thiazole rings is 1. The van der Waals surface area contributed by atoms with Crippen LogP contribution in [-0.2, 0) is 0 Å². The maximum absolute atomic E-state index is 10.2. The highest BCUT2D eigenvalue weighted by Gasteiger charge is 2.25. The lowest BCUT2D eigenvalue weighted by molar-refractivity contribution is 0.465. The van der Waals surface area contributed by atoms with Crippen molar-refractivity contribution < 1.29 is 5.11 Å². The van der Waals surface area contributed by atoms with E-state index in [-0.39, 0.29) is 17.6 Å². The molecule has 6 N–H and O–H groups in total.